The lowest BCUT2D eigenvalue weighted by molar-refractivity contribution is -0.140. The van der Waals surface area contributed by atoms with Crippen LogP contribution in [-0.2, 0) is 9.53 Å². The predicted octanol–water partition coefficient (Wildman–Crippen LogP) is 1.65. The quantitative estimate of drug-likeness (QED) is 0.671. The van der Waals surface area contributed by atoms with Crippen molar-refractivity contribution in [2.45, 2.75) is 39.0 Å². The number of piperidine rings is 1. The monoisotopic (exact) mass is 256 g/mol. The summed E-state index contributed by atoms with van der Waals surface area (Å²) in [6, 6.07) is 0. The Balaban J connectivity index is 2.22. The average Bonchev–Trinajstić information content (AvgIpc) is 2.40. The number of carbonyl (C=O) groups excluding carboxylic acids is 1. The fourth-order valence-corrected chi connectivity index (χ4v) is 2.59. The number of methoxy groups -OCH3 is 1. The molecule has 0 atom stereocenters. The minimum atomic E-state index is -0.0895. The minimum absolute atomic E-state index is 0.0895. The average molecular weight is 256 g/mol. The molecule has 1 heterocycles. The van der Waals surface area contributed by atoms with Crippen molar-refractivity contribution in [3.05, 3.63) is 0 Å². The number of hydrogen-bond acceptors (Lipinski definition) is 4. The predicted molar refractivity (Wildman–Crippen MR) is 73.6 cm³/mol. The summed E-state index contributed by atoms with van der Waals surface area (Å²) in [6.07, 6.45) is 5.22. The van der Waals surface area contributed by atoms with Crippen molar-refractivity contribution >= 4 is 5.97 Å². The van der Waals surface area contributed by atoms with E-state index in [0.717, 1.165) is 38.5 Å². The van der Waals surface area contributed by atoms with Gasteiger partial charge in [0.25, 0.3) is 0 Å². The van der Waals surface area contributed by atoms with E-state index in [1.165, 1.54) is 32.9 Å². The Morgan fingerprint density at radius 2 is 2.06 bits per heavy atom. The molecule has 0 aliphatic carbocycles. The number of nitrogens with zero attached hydrogens (tertiary/aromatic N) is 1. The first kappa shape index (κ1) is 15.4. The van der Waals surface area contributed by atoms with E-state index in [-0.39, 0.29) is 5.97 Å². The van der Waals surface area contributed by atoms with E-state index in [0.29, 0.717) is 6.42 Å². The summed E-state index contributed by atoms with van der Waals surface area (Å²) in [4.78, 5) is 13.6. The van der Waals surface area contributed by atoms with Crippen molar-refractivity contribution in [2.24, 2.45) is 5.92 Å². The Labute approximate surface area is 111 Å². The maximum Gasteiger partial charge on any atom is 0.305 e. The van der Waals surface area contributed by atoms with Crippen LogP contribution in [0.4, 0.5) is 0 Å². The number of ether oxygens (including phenoxy) is 1. The van der Waals surface area contributed by atoms with Crippen LogP contribution in [0.3, 0.4) is 0 Å². The highest BCUT2D eigenvalue weighted by Crippen LogP contribution is 2.14. The highest BCUT2D eigenvalue weighted by atomic mass is 16.5. The summed E-state index contributed by atoms with van der Waals surface area (Å²) in [5, 5.41) is 3.41. The third-order valence-electron chi connectivity index (χ3n) is 3.60. The van der Waals surface area contributed by atoms with Gasteiger partial charge >= 0.3 is 5.97 Å². The summed E-state index contributed by atoms with van der Waals surface area (Å²) < 4.78 is 4.68. The molecule has 0 aromatic carbocycles. The van der Waals surface area contributed by atoms with Gasteiger partial charge in [0.2, 0.25) is 0 Å². The molecule has 4 heteroatoms. The van der Waals surface area contributed by atoms with Gasteiger partial charge in [-0.2, -0.15) is 0 Å². The van der Waals surface area contributed by atoms with Gasteiger partial charge in [0.1, 0.15) is 0 Å². The van der Waals surface area contributed by atoms with Gasteiger partial charge in [-0.3, -0.25) is 4.79 Å². The normalized spacial score (nSPS) is 17.1. The number of rotatable bonds is 8. The van der Waals surface area contributed by atoms with Crippen LogP contribution in [0.1, 0.15) is 39.0 Å². The zero-order valence-electron chi connectivity index (χ0n) is 11.9. The Hall–Kier alpha value is -0.610. The maximum atomic E-state index is 11.1. The summed E-state index contributed by atoms with van der Waals surface area (Å²) in [6.45, 7) is 7.89. The molecule has 0 unspecified atom stereocenters. The summed E-state index contributed by atoms with van der Waals surface area (Å²) in [5.74, 6) is 0.740. The van der Waals surface area contributed by atoms with Gasteiger partial charge in [0.05, 0.1) is 7.11 Å². The number of nitrogens with one attached hydrogen (secondary N) is 1. The highest BCUT2D eigenvalue weighted by Gasteiger charge is 2.16. The van der Waals surface area contributed by atoms with Crippen molar-refractivity contribution < 1.29 is 9.53 Å². The van der Waals surface area contributed by atoms with Crippen molar-refractivity contribution in [3.63, 3.8) is 0 Å². The SMILES string of the molecule is CCCN(CCCC(=O)OC)CC1CCNCC1. The number of carbonyl (C=O) groups is 1. The lowest BCUT2D eigenvalue weighted by Crippen LogP contribution is -2.37. The molecule has 1 saturated heterocycles. The molecular weight excluding hydrogens is 228 g/mol. The molecule has 1 N–H and O–H groups in total. The summed E-state index contributed by atoms with van der Waals surface area (Å²) in [7, 11) is 1.46. The van der Waals surface area contributed by atoms with Gasteiger partial charge in [0, 0.05) is 13.0 Å². The molecule has 1 fully saturated rings. The molecule has 0 bridgehead atoms. The molecule has 0 saturated carbocycles. The van der Waals surface area contributed by atoms with E-state index in [4.69, 9.17) is 0 Å². The van der Waals surface area contributed by atoms with Crippen LogP contribution >= 0.6 is 0 Å². The second-order valence-corrected chi connectivity index (χ2v) is 5.17. The van der Waals surface area contributed by atoms with E-state index in [2.05, 4.69) is 21.9 Å². The molecule has 18 heavy (non-hydrogen) atoms. The Bertz CT molecular complexity index is 228. The van der Waals surface area contributed by atoms with Crippen LogP contribution in [0.2, 0.25) is 0 Å². The largest absolute Gasteiger partial charge is 0.469 e. The third-order valence-corrected chi connectivity index (χ3v) is 3.60. The molecule has 106 valence electrons. The van der Waals surface area contributed by atoms with E-state index in [1.54, 1.807) is 0 Å². The summed E-state index contributed by atoms with van der Waals surface area (Å²) in [5.41, 5.74) is 0. The van der Waals surface area contributed by atoms with Gasteiger partial charge in [-0.15, -0.1) is 0 Å². The van der Waals surface area contributed by atoms with Crippen LogP contribution in [0.25, 0.3) is 0 Å². The molecule has 1 rings (SSSR count). The first-order valence-electron chi connectivity index (χ1n) is 7.26. The minimum Gasteiger partial charge on any atom is -0.469 e. The first-order valence-corrected chi connectivity index (χ1v) is 7.26. The lowest BCUT2D eigenvalue weighted by atomic mass is 9.97. The molecule has 1 aliphatic heterocycles. The second-order valence-electron chi connectivity index (χ2n) is 5.17. The van der Waals surface area contributed by atoms with Crippen LogP contribution in [-0.4, -0.2) is 50.7 Å². The fourth-order valence-electron chi connectivity index (χ4n) is 2.59. The van der Waals surface area contributed by atoms with Crippen LogP contribution in [0.15, 0.2) is 0 Å². The molecule has 4 nitrogen and oxygen atoms in total. The smallest absolute Gasteiger partial charge is 0.305 e. The molecule has 0 aromatic heterocycles. The van der Waals surface area contributed by atoms with Gasteiger partial charge in [-0.1, -0.05) is 6.92 Å². The molecule has 0 radical (unpaired) electrons. The van der Waals surface area contributed by atoms with Crippen molar-refractivity contribution in [2.75, 3.05) is 39.8 Å². The topological polar surface area (TPSA) is 41.6 Å². The Kier molecular flexibility index (Phi) is 8.01. The first-order chi connectivity index (χ1) is 8.76. The molecule has 1 aliphatic rings. The lowest BCUT2D eigenvalue weighted by Gasteiger charge is -2.29. The number of hydrogen-bond donors (Lipinski definition) is 1. The molecule has 0 amide bonds. The third kappa shape index (κ3) is 6.36. The van der Waals surface area contributed by atoms with Gasteiger partial charge in [0.15, 0.2) is 0 Å². The standard InChI is InChI=1S/C14H28N2O2/c1-3-10-16(11-4-5-14(17)18-2)12-13-6-8-15-9-7-13/h13,15H,3-12H2,1-2H3. The highest BCUT2D eigenvalue weighted by molar-refractivity contribution is 5.69. The second kappa shape index (κ2) is 9.34. The van der Waals surface area contributed by atoms with Crippen molar-refractivity contribution in [1.29, 1.82) is 0 Å². The van der Waals surface area contributed by atoms with Gasteiger partial charge in [-0.25, -0.2) is 0 Å². The van der Waals surface area contributed by atoms with E-state index >= 15 is 0 Å². The van der Waals surface area contributed by atoms with Gasteiger partial charge in [-0.05, 0) is 57.8 Å². The van der Waals surface area contributed by atoms with E-state index in [1.807, 2.05) is 0 Å². The van der Waals surface area contributed by atoms with Crippen LogP contribution in [0.5, 0.6) is 0 Å². The molecule has 0 spiro atoms. The zero-order chi connectivity index (χ0) is 13.2. The fraction of sp³-hybridized carbons (Fsp3) is 0.929. The maximum absolute atomic E-state index is 11.1. The van der Waals surface area contributed by atoms with Gasteiger partial charge < -0.3 is 15.0 Å². The molecule has 0 aromatic rings. The van der Waals surface area contributed by atoms with Crippen molar-refractivity contribution in [1.82, 2.24) is 10.2 Å². The van der Waals surface area contributed by atoms with Crippen LogP contribution in [0, 0.1) is 5.92 Å². The molecular formula is C14H28N2O2. The van der Waals surface area contributed by atoms with Crippen LogP contribution < -0.4 is 5.32 Å². The Morgan fingerprint density at radius 3 is 2.67 bits per heavy atom. The number of esters is 1. The zero-order valence-corrected chi connectivity index (χ0v) is 11.9. The van der Waals surface area contributed by atoms with E-state index < -0.39 is 0 Å². The van der Waals surface area contributed by atoms with E-state index in [9.17, 15) is 4.79 Å². The summed E-state index contributed by atoms with van der Waals surface area (Å²) >= 11 is 0. The Morgan fingerprint density at radius 1 is 1.33 bits per heavy atom. The van der Waals surface area contributed by atoms with Crippen molar-refractivity contribution in [3.8, 4) is 0 Å².